The topological polar surface area (TPSA) is 71.4 Å². The lowest BCUT2D eigenvalue weighted by molar-refractivity contribution is -0.131. The van der Waals surface area contributed by atoms with Gasteiger partial charge in [-0.3, -0.25) is 19.8 Å². The van der Waals surface area contributed by atoms with Crippen molar-refractivity contribution in [2.75, 3.05) is 0 Å². The summed E-state index contributed by atoms with van der Waals surface area (Å²) in [5.74, 6) is -1.15. The molecule has 0 bridgehead atoms. The largest absolute Gasteiger partial charge is 0.331 e. The van der Waals surface area contributed by atoms with Crippen molar-refractivity contribution in [3.8, 4) is 5.69 Å². The van der Waals surface area contributed by atoms with Crippen molar-refractivity contribution >= 4 is 23.9 Å². The standard InChI is InChI=1S/C22H23N3O3/c1-14-9-10-18(12-15(14)2)24-11-5-8-17(24)13-19-20(26)23-22(28)25(21(19)27)16-6-3-4-7-16/h5,8-13,16H,3-4,6-7H2,1-2H3,(H,23,26,28)/b19-13+. The van der Waals surface area contributed by atoms with E-state index in [9.17, 15) is 14.4 Å². The first-order chi connectivity index (χ1) is 13.5. The summed E-state index contributed by atoms with van der Waals surface area (Å²) in [7, 11) is 0. The molecular weight excluding hydrogens is 354 g/mol. The van der Waals surface area contributed by atoms with Crippen LogP contribution in [0.2, 0.25) is 0 Å². The van der Waals surface area contributed by atoms with Gasteiger partial charge in [-0.1, -0.05) is 18.9 Å². The van der Waals surface area contributed by atoms with Gasteiger partial charge in [0.25, 0.3) is 11.8 Å². The number of benzene rings is 1. The fourth-order valence-electron chi connectivity index (χ4n) is 3.94. The van der Waals surface area contributed by atoms with E-state index in [1.54, 1.807) is 6.08 Å². The van der Waals surface area contributed by atoms with Crippen LogP contribution in [0.3, 0.4) is 0 Å². The zero-order chi connectivity index (χ0) is 19.8. The van der Waals surface area contributed by atoms with Crippen molar-refractivity contribution < 1.29 is 14.4 Å². The highest BCUT2D eigenvalue weighted by molar-refractivity contribution is 6.31. The molecule has 144 valence electrons. The summed E-state index contributed by atoms with van der Waals surface area (Å²) < 4.78 is 1.93. The highest BCUT2D eigenvalue weighted by atomic mass is 16.2. The second kappa shape index (κ2) is 7.11. The fraction of sp³-hybridized carbons (Fsp3) is 0.318. The van der Waals surface area contributed by atoms with E-state index < -0.39 is 17.8 Å². The Morgan fingerprint density at radius 3 is 2.50 bits per heavy atom. The molecule has 1 saturated heterocycles. The van der Waals surface area contributed by atoms with Crippen LogP contribution in [0.4, 0.5) is 4.79 Å². The molecule has 28 heavy (non-hydrogen) atoms. The average molecular weight is 377 g/mol. The molecule has 0 unspecified atom stereocenters. The number of hydrogen-bond acceptors (Lipinski definition) is 3. The van der Waals surface area contributed by atoms with E-state index in [2.05, 4.69) is 18.3 Å². The summed E-state index contributed by atoms with van der Waals surface area (Å²) in [6.45, 7) is 4.10. The molecule has 4 amide bonds. The van der Waals surface area contributed by atoms with Crippen LogP contribution in [0.15, 0.2) is 42.1 Å². The quantitative estimate of drug-likeness (QED) is 0.657. The van der Waals surface area contributed by atoms with E-state index in [0.29, 0.717) is 5.69 Å². The Hall–Kier alpha value is -3.15. The van der Waals surface area contributed by atoms with Crippen LogP contribution >= 0.6 is 0 Å². The van der Waals surface area contributed by atoms with Crippen LogP contribution in [-0.4, -0.2) is 33.4 Å². The maximum atomic E-state index is 13.0. The van der Waals surface area contributed by atoms with Gasteiger partial charge < -0.3 is 4.57 Å². The molecule has 1 aromatic heterocycles. The molecule has 1 saturated carbocycles. The number of nitrogens with zero attached hydrogens (tertiary/aromatic N) is 2. The van der Waals surface area contributed by atoms with E-state index >= 15 is 0 Å². The minimum absolute atomic E-state index is 0.00437. The Bertz CT molecular complexity index is 996. The first kappa shape index (κ1) is 18.2. The van der Waals surface area contributed by atoms with Gasteiger partial charge in [0.1, 0.15) is 5.57 Å². The van der Waals surface area contributed by atoms with Crippen molar-refractivity contribution in [2.45, 2.75) is 45.6 Å². The van der Waals surface area contributed by atoms with E-state index in [4.69, 9.17) is 0 Å². The van der Waals surface area contributed by atoms with Crippen molar-refractivity contribution in [3.63, 3.8) is 0 Å². The molecule has 2 fully saturated rings. The van der Waals surface area contributed by atoms with E-state index in [-0.39, 0.29) is 11.6 Å². The SMILES string of the molecule is Cc1ccc(-n2cccc2/C=C2\C(=O)NC(=O)N(C3CCCC3)C2=O)cc1C. The molecule has 6 nitrogen and oxygen atoms in total. The molecule has 1 aliphatic carbocycles. The lowest BCUT2D eigenvalue weighted by atomic mass is 10.1. The highest BCUT2D eigenvalue weighted by Gasteiger charge is 2.40. The summed E-state index contributed by atoms with van der Waals surface area (Å²) in [4.78, 5) is 38.8. The van der Waals surface area contributed by atoms with Gasteiger partial charge in [0.05, 0.1) is 0 Å². The maximum absolute atomic E-state index is 13.0. The van der Waals surface area contributed by atoms with Crippen molar-refractivity contribution in [2.24, 2.45) is 0 Å². The second-order valence-electron chi connectivity index (χ2n) is 7.50. The summed E-state index contributed by atoms with van der Waals surface area (Å²) in [6, 6.07) is 9.08. The molecule has 0 radical (unpaired) electrons. The predicted molar refractivity (Wildman–Crippen MR) is 106 cm³/mol. The van der Waals surface area contributed by atoms with Crippen LogP contribution < -0.4 is 5.32 Å². The first-order valence-electron chi connectivity index (χ1n) is 9.61. The van der Waals surface area contributed by atoms with Gasteiger partial charge in [-0.2, -0.15) is 0 Å². The molecule has 6 heteroatoms. The summed E-state index contributed by atoms with van der Waals surface area (Å²) in [6.07, 6.45) is 7.02. The molecule has 0 atom stereocenters. The van der Waals surface area contributed by atoms with Gasteiger partial charge in [0.15, 0.2) is 0 Å². The molecule has 0 spiro atoms. The number of barbiturate groups is 1. The molecule has 1 aromatic carbocycles. The Kier molecular flexibility index (Phi) is 4.63. The normalized spacial score (nSPS) is 19.6. The molecule has 2 heterocycles. The van der Waals surface area contributed by atoms with E-state index in [0.717, 1.165) is 36.9 Å². The number of aromatic nitrogens is 1. The van der Waals surface area contributed by atoms with Crippen molar-refractivity contribution in [1.29, 1.82) is 0 Å². The molecule has 2 aliphatic rings. The molecule has 4 rings (SSSR count). The fourth-order valence-corrected chi connectivity index (χ4v) is 3.94. The lowest BCUT2D eigenvalue weighted by Gasteiger charge is -2.31. The van der Waals surface area contributed by atoms with Crippen LogP contribution in [0.25, 0.3) is 11.8 Å². The zero-order valence-electron chi connectivity index (χ0n) is 16.1. The number of carbonyl (C=O) groups is 3. The van der Waals surface area contributed by atoms with Gasteiger partial charge in [0, 0.05) is 23.6 Å². The molecule has 1 N–H and O–H groups in total. The number of nitrogens with one attached hydrogen (secondary N) is 1. The van der Waals surface area contributed by atoms with Crippen LogP contribution in [-0.2, 0) is 9.59 Å². The Balaban J connectivity index is 1.71. The number of amides is 4. The third-order valence-corrected chi connectivity index (χ3v) is 5.66. The highest BCUT2D eigenvalue weighted by Crippen LogP contribution is 2.27. The minimum Gasteiger partial charge on any atom is -0.317 e. The maximum Gasteiger partial charge on any atom is 0.331 e. The number of urea groups is 1. The number of aryl methyl sites for hydroxylation is 2. The smallest absolute Gasteiger partial charge is 0.317 e. The Morgan fingerprint density at radius 1 is 1.04 bits per heavy atom. The Morgan fingerprint density at radius 2 is 1.79 bits per heavy atom. The van der Waals surface area contributed by atoms with E-state index in [1.807, 2.05) is 42.0 Å². The minimum atomic E-state index is -0.642. The van der Waals surface area contributed by atoms with E-state index in [1.165, 1.54) is 10.5 Å². The third-order valence-electron chi connectivity index (χ3n) is 5.66. The van der Waals surface area contributed by atoms with Crippen LogP contribution in [0, 0.1) is 13.8 Å². The third kappa shape index (κ3) is 3.15. The van der Waals surface area contributed by atoms with Gasteiger partial charge in [-0.05, 0) is 68.2 Å². The first-order valence-corrected chi connectivity index (χ1v) is 9.61. The number of hydrogen-bond donors (Lipinski definition) is 1. The summed E-state index contributed by atoms with van der Waals surface area (Å²) >= 11 is 0. The van der Waals surface area contributed by atoms with Gasteiger partial charge >= 0.3 is 6.03 Å². The summed E-state index contributed by atoms with van der Waals surface area (Å²) in [5.41, 5.74) is 4.02. The Labute approximate surface area is 163 Å². The van der Waals surface area contributed by atoms with Crippen molar-refractivity contribution in [1.82, 2.24) is 14.8 Å². The predicted octanol–water partition coefficient (Wildman–Crippen LogP) is 3.50. The number of imide groups is 2. The molecule has 2 aromatic rings. The van der Waals surface area contributed by atoms with Gasteiger partial charge in [-0.25, -0.2) is 4.79 Å². The van der Waals surface area contributed by atoms with Crippen LogP contribution in [0.1, 0.15) is 42.5 Å². The average Bonchev–Trinajstić information content (AvgIpc) is 3.33. The monoisotopic (exact) mass is 377 g/mol. The number of carbonyl (C=O) groups excluding carboxylic acids is 3. The molecule has 1 aliphatic heterocycles. The number of rotatable bonds is 3. The summed E-state index contributed by atoms with van der Waals surface area (Å²) in [5, 5.41) is 2.32. The lowest BCUT2D eigenvalue weighted by Crippen LogP contribution is -2.57. The second-order valence-corrected chi connectivity index (χ2v) is 7.50. The van der Waals surface area contributed by atoms with Gasteiger partial charge in [-0.15, -0.1) is 0 Å². The van der Waals surface area contributed by atoms with Gasteiger partial charge in [0.2, 0.25) is 0 Å². The van der Waals surface area contributed by atoms with Crippen LogP contribution in [0.5, 0.6) is 0 Å². The van der Waals surface area contributed by atoms with Crippen molar-refractivity contribution in [3.05, 3.63) is 58.9 Å². The zero-order valence-corrected chi connectivity index (χ0v) is 16.1. The molecular formula is C22H23N3O3.